The van der Waals surface area contributed by atoms with E-state index < -0.39 is 12.1 Å². The van der Waals surface area contributed by atoms with Gasteiger partial charge in [-0.15, -0.1) is 0 Å². The van der Waals surface area contributed by atoms with Crippen LogP contribution in [0.25, 0.3) is 0 Å². The first-order valence-corrected chi connectivity index (χ1v) is 7.21. The third-order valence-electron chi connectivity index (χ3n) is 3.74. The summed E-state index contributed by atoms with van der Waals surface area (Å²) >= 11 is 0. The van der Waals surface area contributed by atoms with Gasteiger partial charge < -0.3 is 15.2 Å². The quantitative estimate of drug-likeness (QED) is 0.660. The fourth-order valence-electron chi connectivity index (χ4n) is 2.53. The molecular formula is C13H20F3N5O. The number of guanidine groups is 1. The lowest BCUT2D eigenvalue weighted by Crippen LogP contribution is -2.45. The van der Waals surface area contributed by atoms with Crippen molar-refractivity contribution in [1.29, 1.82) is 0 Å². The predicted molar refractivity (Wildman–Crippen MR) is 74.2 cm³/mol. The molecule has 1 heterocycles. The fraction of sp³-hybridized carbons (Fsp3) is 0.769. The molecule has 124 valence electrons. The third kappa shape index (κ3) is 4.60. The number of hydrogen-bond donors (Lipinski definition) is 2. The normalized spacial score (nSPS) is 23.4. The highest BCUT2D eigenvalue weighted by atomic mass is 19.4. The number of alkyl halides is 3. The van der Waals surface area contributed by atoms with E-state index in [1.165, 1.54) is 0 Å². The average Bonchev–Trinajstić information content (AvgIpc) is 2.88. The predicted octanol–water partition coefficient (Wildman–Crippen LogP) is 2.16. The lowest BCUT2D eigenvalue weighted by molar-refractivity contribution is -0.182. The number of aromatic nitrogens is 2. The summed E-state index contributed by atoms with van der Waals surface area (Å²) in [6.07, 6.45) is -2.82. The molecule has 0 aromatic carbocycles. The molecule has 0 unspecified atom stereocenters. The minimum Gasteiger partial charge on any atom is -0.354 e. The van der Waals surface area contributed by atoms with E-state index in [0.29, 0.717) is 37.1 Å². The smallest absolute Gasteiger partial charge is 0.354 e. The summed E-state index contributed by atoms with van der Waals surface area (Å²) in [6.45, 7) is 2.04. The number of aryl methyl sites for hydroxylation is 1. The minimum atomic E-state index is -4.08. The molecule has 1 aliphatic rings. The minimum absolute atomic E-state index is 0.00296. The highest BCUT2D eigenvalue weighted by Gasteiger charge is 2.41. The molecule has 22 heavy (non-hydrogen) atoms. The van der Waals surface area contributed by atoms with Crippen molar-refractivity contribution >= 4 is 5.96 Å². The van der Waals surface area contributed by atoms with Gasteiger partial charge in [-0.3, -0.25) is 4.99 Å². The number of halogens is 3. The van der Waals surface area contributed by atoms with Gasteiger partial charge in [0.05, 0.1) is 12.5 Å². The van der Waals surface area contributed by atoms with E-state index in [0.717, 1.165) is 0 Å². The van der Waals surface area contributed by atoms with E-state index in [1.54, 1.807) is 14.0 Å². The molecule has 9 heteroatoms. The Morgan fingerprint density at radius 2 is 2.00 bits per heavy atom. The Balaban J connectivity index is 1.77. The first-order valence-electron chi connectivity index (χ1n) is 7.21. The van der Waals surface area contributed by atoms with Crippen LogP contribution in [0.15, 0.2) is 9.52 Å². The zero-order valence-corrected chi connectivity index (χ0v) is 12.6. The van der Waals surface area contributed by atoms with Crippen molar-refractivity contribution in [3.05, 3.63) is 11.7 Å². The molecule has 0 saturated heterocycles. The number of aliphatic imine (C=N–C) groups is 1. The molecule has 0 aliphatic heterocycles. The first kappa shape index (κ1) is 16.6. The van der Waals surface area contributed by atoms with E-state index in [2.05, 4.69) is 25.8 Å². The Morgan fingerprint density at radius 3 is 2.50 bits per heavy atom. The summed E-state index contributed by atoms with van der Waals surface area (Å²) in [6, 6.07) is -0.00296. The maximum atomic E-state index is 12.6. The van der Waals surface area contributed by atoms with Gasteiger partial charge >= 0.3 is 6.18 Å². The van der Waals surface area contributed by atoms with Crippen LogP contribution in [0.4, 0.5) is 13.2 Å². The first-order chi connectivity index (χ1) is 10.4. The Hall–Kier alpha value is -1.80. The van der Waals surface area contributed by atoms with Crippen molar-refractivity contribution in [3.63, 3.8) is 0 Å². The molecule has 1 aliphatic carbocycles. The van der Waals surface area contributed by atoms with Crippen LogP contribution in [0.2, 0.25) is 0 Å². The van der Waals surface area contributed by atoms with Crippen LogP contribution in [0.5, 0.6) is 0 Å². The largest absolute Gasteiger partial charge is 0.391 e. The fourth-order valence-corrected chi connectivity index (χ4v) is 2.53. The van der Waals surface area contributed by atoms with Gasteiger partial charge in [0.25, 0.3) is 0 Å². The van der Waals surface area contributed by atoms with Gasteiger partial charge in [0.2, 0.25) is 5.89 Å². The standard InChI is InChI=1S/C13H20F3N5O/c1-8-19-11(21-22-8)7-18-12(17-2)20-10-5-3-9(4-6-10)13(14,15)16/h9-10H,3-7H2,1-2H3,(H2,17,18,20). The van der Waals surface area contributed by atoms with Crippen molar-refractivity contribution in [3.8, 4) is 0 Å². The van der Waals surface area contributed by atoms with E-state index in [9.17, 15) is 13.2 Å². The molecule has 0 spiro atoms. The van der Waals surface area contributed by atoms with E-state index >= 15 is 0 Å². The number of nitrogens with zero attached hydrogens (tertiary/aromatic N) is 3. The maximum absolute atomic E-state index is 12.6. The van der Waals surface area contributed by atoms with Crippen LogP contribution < -0.4 is 10.6 Å². The molecular weight excluding hydrogens is 299 g/mol. The molecule has 0 amide bonds. The molecule has 0 radical (unpaired) electrons. The lowest BCUT2D eigenvalue weighted by atomic mass is 9.85. The van der Waals surface area contributed by atoms with Crippen molar-refractivity contribution in [1.82, 2.24) is 20.8 Å². The number of hydrogen-bond acceptors (Lipinski definition) is 4. The number of nitrogens with one attached hydrogen (secondary N) is 2. The summed E-state index contributed by atoms with van der Waals surface area (Å²) in [5, 5.41) is 9.91. The SMILES string of the molecule is CN=C(NCc1noc(C)n1)NC1CCC(C(F)(F)F)CC1. The van der Waals surface area contributed by atoms with Crippen molar-refractivity contribution < 1.29 is 17.7 Å². The second kappa shape index (κ2) is 6.97. The molecule has 0 bridgehead atoms. The molecule has 1 aromatic heterocycles. The monoisotopic (exact) mass is 319 g/mol. The maximum Gasteiger partial charge on any atom is 0.391 e. The third-order valence-corrected chi connectivity index (χ3v) is 3.74. The molecule has 1 saturated carbocycles. The Bertz CT molecular complexity index is 506. The van der Waals surface area contributed by atoms with Crippen LogP contribution in [-0.2, 0) is 6.54 Å². The van der Waals surface area contributed by atoms with Crippen molar-refractivity contribution in [2.24, 2.45) is 10.9 Å². The molecule has 1 fully saturated rings. The average molecular weight is 319 g/mol. The van der Waals surface area contributed by atoms with Gasteiger partial charge in [-0.25, -0.2) is 0 Å². The van der Waals surface area contributed by atoms with Crippen LogP contribution in [0.3, 0.4) is 0 Å². The highest BCUT2D eigenvalue weighted by molar-refractivity contribution is 5.79. The van der Waals surface area contributed by atoms with Gasteiger partial charge in [0.15, 0.2) is 11.8 Å². The van der Waals surface area contributed by atoms with Gasteiger partial charge in [-0.2, -0.15) is 18.2 Å². The summed E-state index contributed by atoms with van der Waals surface area (Å²) in [5.74, 6) is 0.326. The Labute approximate surface area is 126 Å². The summed E-state index contributed by atoms with van der Waals surface area (Å²) in [5.41, 5.74) is 0. The molecule has 2 rings (SSSR count). The second-order valence-corrected chi connectivity index (χ2v) is 5.39. The molecule has 2 N–H and O–H groups in total. The van der Waals surface area contributed by atoms with Crippen molar-refractivity contribution in [2.45, 2.75) is 51.4 Å². The van der Waals surface area contributed by atoms with Crippen molar-refractivity contribution in [2.75, 3.05) is 7.05 Å². The Kier molecular flexibility index (Phi) is 5.25. The zero-order valence-electron chi connectivity index (χ0n) is 12.6. The van der Waals surface area contributed by atoms with Gasteiger partial charge in [0.1, 0.15) is 0 Å². The van der Waals surface area contributed by atoms with E-state index in [4.69, 9.17) is 4.52 Å². The highest BCUT2D eigenvalue weighted by Crippen LogP contribution is 2.37. The zero-order chi connectivity index (χ0) is 16.2. The van der Waals surface area contributed by atoms with E-state index in [-0.39, 0.29) is 18.9 Å². The van der Waals surface area contributed by atoms with Crippen LogP contribution in [0, 0.1) is 12.8 Å². The van der Waals surface area contributed by atoms with E-state index in [1.807, 2.05) is 0 Å². The van der Waals surface area contributed by atoms with Gasteiger partial charge in [-0.1, -0.05) is 5.16 Å². The molecule has 1 aromatic rings. The van der Waals surface area contributed by atoms with Gasteiger partial charge in [0, 0.05) is 20.0 Å². The summed E-state index contributed by atoms with van der Waals surface area (Å²) in [4.78, 5) is 8.11. The molecule has 0 atom stereocenters. The van der Waals surface area contributed by atoms with Gasteiger partial charge in [-0.05, 0) is 25.7 Å². The number of rotatable bonds is 3. The summed E-state index contributed by atoms with van der Waals surface area (Å²) < 4.78 is 42.7. The van der Waals surface area contributed by atoms with Crippen LogP contribution in [0.1, 0.15) is 37.4 Å². The second-order valence-electron chi connectivity index (χ2n) is 5.39. The summed E-state index contributed by atoms with van der Waals surface area (Å²) in [7, 11) is 1.61. The van der Waals surface area contributed by atoms with Crippen LogP contribution in [-0.4, -0.2) is 35.4 Å². The molecule has 6 nitrogen and oxygen atoms in total. The van der Waals surface area contributed by atoms with Crippen LogP contribution >= 0.6 is 0 Å². The Morgan fingerprint density at radius 1 is 1.32 bits per heavy atom. The lowest BCUT2D eigenvalue weighted by Gasteiger charge is -2.31. The topological polar surface area (TPSA) is 75.3 Å².